The maximum absolute atomic E-state index is 14.7. The summed E-state index contributed by atoms with van der Waals surface area (Å²) < 4.78 is 0. The van der Waals surface area contributed by atoms with Crippen molar-refractivity contribution >= 4 is 87.7 Å². The van der Waals surface area contributed by atoms with E-state index in [0.29, 0.717) is 33.2 Å². The summed E-state index contributed by atoms with van der Waals surface area (Å²) in [6.07, 6.45) is -1.92. The number of nitrogens with one attached hydrogen (secondary N) is 10. The second-order valence-electron chi connectivity index (χ2n) is 21.1. The SMILES string of the molecule is CSCC[C@H](NC(=O)[C@H](Cc1c[nH]c2ccccc12)NC(=O)[C@H](Cc1ccc(O)cc1)NC(=O)[C@H](CO)NC(=O)[C@@H](NC(=O)[C@H](Cc1ccccc1)NC(=O)[C@@H](NC(=O)[C@H](Cc1ccc(O)cc1)NC(=O)CN)[C@@H](C)O)[C@@H](C)O)C(=O)N[C@@H](CC(N)=O)C(=O)O. The number of nitrogens with two attached hydrogens (primary N) is 2. The van der Waals surface area contributed by atoms with Gasteiger partial charge >= 0.3 is 5.97 Å². The van der Waals surface area contributed by atoms with E-state index in [1.165, 1.54) is 67.2 Å². The number of hydrogen-bond acceptors (Lipinski definition) is 18. The molecule has 0 spiro atoms. The Bertz CT molecular complexity index is 3300. The average molecular weight is 1270 g/mol. The molecule has 5 rings (SSSR count). The van der Waals surface area contributed by atoms with Crippen LogP contribution < -0.4 is 59.3 Å². The van der Waals surface area contributed by atoms with Gasteiger partial charge in [0.25, 0.3) is 0 Å². The van der Waals surface area contributed by atoms with Crippen LogP contribution in [0.15, 0.2) is 109 Å². The summed E-state index contributed by atoms with van der Waals surface area (Å²) in [6.45, 7) is 0.620. The fraction of sp³-hybridized carbons (Fsp3) is 0.383. The van der Waals surface area contributed by atoms with E-state index in [1.54, 1.807) is 67.0 Å². The molecule has 0 fully saturated rings. The highest BCUT2D eigenvalue weighted by atomic mass is 32.2. The number of aliphatic hydroxyl groups is 3. The second kappa shape index (κ2) is 34.8. The van der Waals surface area contributed by atoms with E-state index >= 15 is 0 Å². The number of phenols is 2. The number of benzene rings is 4. The number of hydrogen-bond donors (Lipinski definition) is 18. The first-order valence-electron chi connectivity index (χ1n) is 28.3. The standard InChI is InChI=1S/C60H76N12O17S/c1-31(74)50(71-55(83)42(64-49(79)28-61)24-34-13-17-37(76)18-14-34)58(86)68-44(23-33-9-5-4-6-10-33)56(84)72-51(32(2)75)59(87)70-47(30-73)57(85)66-43(25-35-15-19-38(77)20-16-35)53(81)67-45(26-36-29-63-40-12-8-7-11-39(36)40)54(82)65-41(21-22-90-3)52(80)69-46(60(88)89)27-48(62)78/h4-20,29,31-32,41-47,50-51,63,73-77H,21-28,30,61H2,1-3H3,(H2,62,78)(H,64,79)(H,65,82)(H,66,85)(H,67,81)(H,68,86)(H,69,80)(H,70,87)(H,71,83)(H,72,84)(H,88,89)/t31-,32-,41+,42+,43+,44+,45+,46+,47+,50+,51+/m1/s1. The number of amides is 10. The van der Waals surface area contributed by atoms with Gasteiger partial charge in [-0.05, 0) is 84.9 Å². The van der Waals surface area contributed by atoms with Gasteiger partial charge in [0.1, 0.15) is 65.9 Å². The number of phenolic OH excluding ortho intramolecular Hbond substituents is 2. The average Bonchev–Trinajstić information content (AvgIpc) is 2.29. The minimum atomic E-state index is -1.94. The molecule has 10 amide bonds. The van der Waals surface area contributed by atoms with E-state index in [4.69, 9.17) is 11.5 Å². The summed E-state index contributed by atoms with van der Waals surface area (Å²) in [5.74, 6) is -11.9. The molecule has 1 heterocycles. The topological polar surface area (TPSA) is 485 Å². The molecule has 0 saturated carbocycles. The molecule has 0 radical (unpaired) electrons. The summed E-state index contributed by atoms with van der Waals surface area (Å²) >= 11 is 1.29. The fourth-order valence-electron chi connectivity index (χ4n) is 9.23. The number of aliphatic carboxylic acids is 1. The van der Waals surface area contributed by atoms with Gasteiger partial charge in [0, 0.05) is 42.8 Å². The number of fused-ring (bicyclic) bond motifs is 1. The van der Waals surface area contributed by atoms with Gasteiger partial charge in [0.2, 0.25) is 59.1 Å². The Labute approximate surface area is 520 Å². The summed E-state index contributed by atoms with van der Waals surface area (Å²) in [4.78, 5) is 153. The van der Waals surface area contributed by atoms with Crippen molar-refractivity contribution in [2.75, 3.05) is 25.2 Å². The molecule has 0 unspecified atom stereocenters. The lowest BCUT2D eigenvalue weighted by Crippen LogP contribution is -2.63. The Kier molecular flexibility index (Phi) is 27.5. The molecular formula is C60H76N12O17S. The summed E-state index contributed by atoms with van der Waals surface area (Å²) in [5.41, 5.74) is 13.2. The molecule has 0 aliphatic carbocycles. The van der Waals surface area contributed by atoms with E-state index in [2.05, 4.69) is 52.8 Å². The number of para-hydroxylation sites is 1. The van der Waals surface area contributed by atoms with Crippen molar-refractivity contribution in [1.29, 1.82) is 0 Å². The normalized spacial score (nSPS) is 14.8. The maximum atomic E-state index is 14.7. The van der Waals surface area contributed by atoms with Crippen molar-refractivity contribution in [1.82, 2.24) is 52.8 Å². The number of thioether (sulfide) groups is 1. The zero-order valence-electron chi connectivity index (χ0n) is 49.3. The lowest BCUT2D eigenvalue weighted by atomic mass is 10.0. The molecule has 0 aliphatic heterocycles. The van der Waals surface area contributed by atoms with Gasteiger partial charge in [-0.1, -0.05) is 72.8 Å². The van der Waals surface area contributed by atoms with Crippen molar-refractivity contribution in [2.24, 2.45) is 11.5 Å². The number of carbonyl (C=O) groups excluding carboxylic acids is 10. The van der Waals surface area contributed by atoms with Gasteiger partial charge in [0.15, 0.2) is 0 Å². The van der Waals surface area contributed by atoms with E-state index in [1.807, 2.05) is 0 Å². The number of H-pyrrole nitrogens is 1. The maximum Gasteiger partial charge on any atom is 0.326 e. The highest BCUT2D eigenvalue weighted by Crippen LogP contribution is 2.21. The molecule has 29 nitrogen and oxygen atoms in total. The van der Waals surface area contributed by atoms with Crippen LogP contribution in [0.3, 0.4) is 0 Å². The number of aromatic hydroxyl groups is 2. The molecular weight excluding hydrogens is 1190 g/mol. The monoisotopic (exact) mass is 1270 g/mol. The number of aromatic nitrogens is 1. The van der Waals surface area contributed by atoms with Gasteiger partial charge in [-0.15, -0.1) is 0 Å². The zero-order chi connectivity index (χ0) is 66.2. The van der Waals surface area contributed by atoms with Crippen LogP contribution in [-0.2, 0) is 78.4 Å². The van der Waals surface area contributed by atoms with Crippen LogP contribution in [0.1, 0.15) is 48.9 Å². The molecule has 4 aromatic carbocycles. The Morgan fingerprint density at radius 2 is 0.900 bits per heavy atom. The third kappa shape index (κ3) is 21.9. The molecule has 20 N–H and O–H groups in total. The van der Waals surface area contributed by atoms with E-state index < -0.39 is 151 Å². The van der Waals surface area contributed by atoms with Crippen molar-refractivity contribution in [3.63, 3.8) is 0 Å². The number of carbonyl (C=O) groups is 11. The van der Waals surface area contributed by atoms with Gasteiger partial charge in [-0.3, -0.25) is 47.9 Å². The van der Waals surface area contributed by atoms with Crippen molar-refractivity contribution in [3.8, 4) is 11.5 Å². The molecule has 90 heavy (non-hydrogen) atoms. The lowest BCUT2D eigenvalue weighted by Gasteiger charge is -2.29. The summed E-state index contributed by atoms with van der Waals surface area (Å²) in [6, 6.07) is 11.2. The quantitative estimate of drug-likeness (QED) is 0.0188. The number of aliphatic hydroxyl groups excluding tert-OH is 3. The molecule has 484 valence electrons. The summed E-state index contributed by atoms with van der Waals surface area (Å²) in [7, 11) is 0. The molecule has 0 aliphatic rings. The molecule has 0 saturated heterocycles. The first kappa shape index (κ1) is 71.1. The predicted octanol–water partition coefficient (Wildman–Crippen LogP) is -3.36. The Morgan fingerprint density at radius 3 is 1.37 bits per heavy atom. The molecule has 5 aromatic rings. The molecule has 0 bridgehead atoms. The Morgan fingerprint density at radius 1 is 0.500 bits per heavy atom. The minimum Gasteiger partial charge on any atom is -0.508 e. The lowest BCUT2D eigenvalue weighted by molar-refractivity contribution is -0.143. The molecule has 1 aromatic heterocycles. The van der Waals surface area contributed by atoms with E-state index in [9.17, 15) is 83.4 Å². The van der Waals surface area contributed by atoms with Crippen molar-refractivity contribution < 1.29 is 83.4 Å². The van der Waals surface area contributed by atoms with Gasteiger partial charge < -0.3 is 94.9 Å². The third-order valence-corrected chi connectivity index (χ3v) is 14.7. The highest BCUT2D eigenvalue weighted by molar-refractivity contribution is 7.98. The zero-order valence-corrected chi connectivity index (χ0v) is 50.2. The number of aromatic amines is 1. The first-order valence-corrected chi connectivity index (χ1v) is 29.7. The van der Waals surface area contributed by atoms with Gasteiger partial charge in [0.05, 0.1) is 31.8 Å². The third-order valence-electron chi connectivity index (χ3n) is 14.1. The van der Waals surface area contributed by atoms with Crippen LogP contribution in [0.5, 0.6) is 11.5 Å². The molecule has 11 atom stereocenters. The Hall–Kier alpha value is -9.62. The smallest absolute Gasteiger partial charge is 0.326 e. The number of carboxylic acids is 1. The van der Waals surface area contributed by atoms with Crippen LogP contribution in [0.25, 0.3) is 10.9 Å². The van der Waals surface area contributed by atoms with Crippen LogP contribution in [0.2, 0.25) is 0 Å². The minimum absolute atomic E-state index is 0.0508. The number of primary amides is 1. The van der Waals surface area contributed by atoms with Crippen LogP contribution >= 0.6 is 11.8 Å². The summed E-state index contributed by atoms with van der Waals surface area (Å²) in [5, 5.41) is 84.5. The van der Waals surface area contributed by atoms with Crippen molar-refractivity contribution in [3.05, 3.63) is 132 Å². The number of carboxylic acid groups (broad SMARTS) is 1. The van der Waals surface area contributed by atoms with Crippen LogP contribution in [0, 0.1) is 0 Å². The van der Waals surface area contributed by atoms with E-state index in [-0.39, 0.29) is 49.4 Å². The first-order chi connectivity index (χ1) is 42.8. The predicted molar refractivity (Wildman–Crippen MR) is 327 cm³/mol. The van der Waals surface area contributed by atoms with Crippen LogP contribution in [-0.4, -0.2) is 192 Å². The number of rotatable bonds is 35. The largest absolute Gasteiger partial charge is 0.508 e. The Balaban J connectivity index is 1.39. The van der Waals surface area contributed by atoms with Gasteiger partial charge in [-0.25, -0.2) is 4.79 Å². The van der Waals surface area contributed by atoms with Crippen LogP contribution in [0.4, 0.5) is 0 Å². The van der Waals surface area contributed by atoms with E-state index in [0.717, 1.165) is 6.92 Å². The fourth-order valence-corrected chi connectivity index (χ4v) is 9.70. The van der Waals surface area contributed by atoms with Gasteiger partial charge in [-0.2, -0.15) is 11.8 Å². The van der Waals surface area contributed by atoms with Crippen molar-refractivity contribution in [2.45, 2.75) is 119 Å². The molecule has 30 heteroatoms. The second-order valence-corrected chi connectivity index (χ2v) is 22.1. The highest BCUT2D eigenvalue weighted by Gasteiger charge is 2.38.